The van der Waals surface area contributed by atoms with Gasteiger partial charge in [0.25, 0.3) is 11.8 Å². The van der Waals surface area contributed by atoms with Gasteiger partial charge in [-0.15, -0.1) is 5.06 Å². The fourth-order valence-corrected chi connectivity index (χ4v) is 2.73. The third-order valence-electron chi connectivity index (χ3n) is 4.42. The number of hydrogen-bond acceptors (Lipinski definition) is 10. The minimum absolute atomic E-state index is 0.0210. The molecule has 13 nitrogen and oxygen atoms in total. The van der Waals surface area contributed by atoms with Crippen molar-refractivity contribution in [1.82, 2.24) is 15.7 Å². The van der Waals surface area contributed by atoms with Crippen molar-refractivity contribution in [3.8, 4) is 0 Å². The third kappa shape index (κ3) is 16.0. The van der Waals surface area contributed by atoms with Gasteiger partial charge in [-0.25, -0.2) is 9.59 Å². The lowest BCUT2D eigenvalue weighted by Gasteiger charge is -2.19. The second kappa shape index (κ2) is 17.6. The van der Waals surface area contributed by atoms with Gasteiger partial charge in [0.2, 0.25) is 5.91 Å². The molecular weight excluding hydrogens is 478 g/mol. The van der Waals surface area contributed by atoms with Gasteiger partial charge >= 0.3 is 12.1 Å². The maximum atomic E-state index is 11.7. The summed E-state index contributed by atoms with van der Waals surface area (Å²) in [5.41, 5.74) is -0.515. The highest BCUT2D eigenvalue weighted by atomic mass is 16.7. The first-order valence-electron chi connectivity index (χ1n) is 12.1. The van der Waals surface area contributed by atoms with Crippen LogP contribution in [-0.4, -0.2) is 93.2 Å². The van der Waals surface area contributed by atoms with E-state index in [0.717, 1.165) is 0 Å². The minimum Gasteiger partial charge on any atom is -0.444 e. The van der Waals surface area contributed by atoms with Crippen molar-refractivity contribution in [1.29, 1.82) is 0 Å². The molecule has 0 spiro atoms. The van der Waals surface area contributed by atoms with Crippen LogP contribution in [0.4, 0.5) is 4.79 Å². The second-order valence-electron chi connectivity index (χ2n) is 8.87. The summed E-state index contributed by atoms with van der Waals surface area (Å²) in [4.78, 5) is 62.3. The van der Waals surface area contributed by atoms with E-state index in [1.165, 1.54) is 0 Å². The molecule has 36 heavy (non-hydrogen) atoms. The molecule has 0 aromatic rings. The number of carbonyl (C=O) groups excluding carboxylic acids is 5. The van der Waals surface area contributed by atoms with Crippen LogP contribution < -0.4 is 10.6 Å². The first-order chi connectivity index (χ1) is 17.1. The molecule has 1 rings (SSSR count). The smallest absolute Gasteiger partial charge is 0.407 e. The number of carbonyl (C=O) groups is 5. The first-order valence-corrected chi connectivity index (χ1v) is 12.1. The number of hydrogen-bond donors (Lipinski definition) is 2. The summed E-state index contributed by atoms with van der Waals surface area (Å²) in [5.74, 6) is -2.26. The Balaban J connectivity index is 1.83. The molecule has 13 heteroatoms. The van der Waals surface area contributed by atoms with Crippen LogP contribution in [0.3, 0.4) is 0 Å². The highest BCUT2D eigenvalue weighted by Crippen LogP contribution is 2.13. The van der Waals surface area contributed by atoms with Crippen LogP contribution in [0.5, 0.6) is 0 Å². The zero-order chi connectivity index (χ0) is 26.8. The van der Waals surface area contributed by atoms with Gasteiger partial charge in [0, 0.05) is 45.6 Å². The predicted octanol–water partition coefficient (Wildman–Crippen LogP) is 0.845. The van der Waals surface area contributed by atoms with Crippen LogP contribution >= 0.6 is 0 Å². The van der Waals surface area contributed by atoms with E-state index in [1.54, 1.807) is 20.8 Å². The minimum atomic E-state index is -0.808. The van der Waals surface area contributed by atoms with Gasteiger partial charge in [-0.1, -0.05) is 0 Å². The molecular formula is C23H39N3O10. The van der Waals surface area contributed by atoms with Gasteiger partial charge < -0.3 is 34.4 Å². The molecule has 0 radical (unpaired) electrons. The summed E-state index contributed by atoms with van der Waals surface area (Å²) in [6.45, 7) is 8.91. The van der Waals surface area contributed by atoms with Crippen molar-refractivity contribution in [3.63, 3.8) is 0 Å². The van der Waals surface area contributed by atoms with Gasteiger partial charge in [-0.2, -0.15) is 0 Å². The Morgan fingerprint density at radius 3 is 1.81 bits per heavy atom. The molecule has 0 saturated carbocycles. The van der Waals surface area contributed by atoms with Crippen molar-refractivity contribution in [2.45, 2.75) is 64.9 Å². The molecule has 1 aliphatic rings. The quantitative estimate of drug-likeness (QED) is 0.197. The monoisotopic (exact) mass is 517 g/mol. The largest absolute Gasteiger partial charge is 0.444 e. The molecule has 2 N–H and O–H groups in total. The highest BCUT2D eigenvalue weighted by molar-refractivity contribution is 6.01. The van der Waals surface area contributed by atoms with Crippen LogP contribution in [0.25, 0.3) is 0 Å². The van der Waals surface area contributed by atoms with Gasteiger partial charge in [0.05, 0.1) is 32.8 Å². The summed E-state index contributed by atoms with van der Waals surface area (Å²) < 4.78 is 21.4. The maximum Gasteiger partial charge on any atom is 0.407 e. The van der Waals surface area contributed by atoms with E-state index < -0.39 is 29.5 Å². The molecule has 206 valence electrons. The van der Waals surface area contributed by atoms with E-state index >= 15 is 0 Å². The first kappa shape index (κ1) is 31.3. The zero-order valence-corrected chi connectivity index (χ0v) is 21.4. The lowest BCUT2D eigenvalue weighted by Crippen LogP contribution is -2.33. The van der Waals surface area contributed by atoms with Crippen molar-refractivity contribution in [2.24, 2.45) is 0 Å². The van der Waals surface area contributed by atoms with Crippen molar-refractivity contribution >= 4 is 29.8 Å². The van der Waals surface area contributed by atoms with Gasteiger partial charge in [-0.3, -0.25) is 14.4 Å². The van der Waals surface area contributed by atoms with E-state index in [9.17, 15) is 24.0 Å². The topological polar surface area (TPSA) is 159 Å². The number of alkyl carbamates (subject to hydrolysis) is 1. The molecule has 1 fully saturated rings. The SMILES string of the molecule is CC(C)(C)OC(=O)NCCCOCCOCCOCCCNC(=O)CCC(=O)ON1C(=O)CCC1=O. The number of nitrogens with zero attached hydrogens (tertiary/aromatic N) is 1. The van der Waals surface area contributed by atoms with Gasteiger partial charge in [-0.05, 0) is 33.6 Å². The van der Waals surface area contributed by atoms with E-state index in [4.69, 9.17) is 23.8 Å². The Labute approximate surface area is 211 Å². The van der Waals surface area contributed by atoms with Crippen molar-refractivity contribution in [3.05, 3.63) is 0 Å². The van der Waals surface area contributed by atoms with Crippen LogP contribution in [-0.2, 0) is 43.0 Å². The van der Waals surface area contributed by atoms with Crippen LogP contribution in [0.1, 0.15) is 59.3 Å². The summed E-state index contributed by atoms with van der Waals surface area (Å²) in [6.07, 6.45) is 0.523. The lowest BCUT2D eigenvalue weighted by molar-refractivity contribution is -0.197. The Bertz CT molecular complexity index is 707. The van der Waals surface area contributed by atoms with E-state index in [1.807, 2.05) is 0 Å². The fraction of sp³-hybridized carbons (Fsp3) is 0.783. The molecule has 1 heterocycles. The van der Waals surface area contributed by atoms with E-state index in [-0.39, 0.29) is 31.6 Å². The number of amides is 4. The van der Waals surface area contributed by atoms with Crippen molar-refractivity contribution < 1.29 is 47.8 Å². The molecule has 0 unspecified atom stereocenters. The molecule has 0 bridgehead atoms. The molecule has 0 aliphatic carbocycles. The number of ether oxygens (including phenoxy) is 4. The van der Waals surface area contributed by atoms with E-state index in [2.05, 4.69) is 10.6 Å². The number of imide groups is 1. The predicted molar refractivity (Wildman–Crippen MR) is 125 cm³/mol. The lowest BCUT2D eigenvalue weighted by atomic mass is 10.2. The number of hydroxylamine groups is 2. The van der Waals surface area contributed by atoms with Gasteiger partial charge in [0.1, 0.15) is 5.60 Å². The Hall–Kier alpha value is -2.77. The van der Waals surface area contributed by atoms with Crippen LogP contribution in [0, 0.1) is 0 Å². The van der Waals surface area contributed by atoms with Crippen LogP contribution in [0.15, 0.2) is 0 Å². The normalized spacial score (nSPS) is 13.6. The second-order valence-corrected chi connectivity index (χ2v) is 8.87. The Morgan fingerprint density at radius 2 is 1.28 bits per heavy atom. The number of nitrogens with one attached hydrogen (secondary N) is 2. The maximum absolute atomic E-state index is 11.7. The molecule has 1 saturated heterocycles. The van der Waals surface area contributed by atoms with Gasteiger partial charge in [0.15, 0.2) is 0 Å². The summed E-state index contributed by atoms with van der Waals surface area (Å²) in [6, 6.07) is 0. The molecule has 0 aromatic heterocycles. The fourth-order valence-electron chi connectivity index (χ4n) is 2.73. The average Bonchev–Trinajstić information content (AvgIpc) is 3.11. The van der Waals surface area contributed by atoms with Crippen LogP contribution in [0.2, 0.25) is 0 Å². The molecule has 4 amide bonds. The summed E-state index contributed by atoms with van der Waals surface area (Å²) >= 11 is 0. The summed E-state index contributed by atoms with van der Waals surface area (Å²) in [5, 5.41) is 5.77. The average molecular weight is 518 g/mol. The number of rotatable bonds is 18. The highest BCUT2D eigenvalue weighted by Gasteiger charge is 2.32. The molecule has 1 aliphatic heterocycles. The third-order valence-corrected chi connectivity index (χ3v) is 4.42. The molecule has 0 atom stereocenters. The van der Waals surface area contributed by atoms with Crippen molar-refractivity contribution in [2.75, 3.05) is 52.7 Å². The summed E-state index contributed by atoms with van der Waals surface area (Å²) in [7, 11) is 0. The zero-order valence-electron chi connectivity index (χ0n) is 21.4. The molecule has 0 aromatic carbocycles. The van der Waals surface area contributed by atoms with E-state index in [0.29, 0.717) is 70.6 Å². The standard InChI is InChI=1S/C23H39N3O10/c1-23(2,3)35-22(31)25-11-5-13-33-15-17-34-16-14-32-12-4-10-24-18(27)6-9-21(30)36-26-19(28)7-8-20(26)29/h4-17H2,1-3H3,(H,24,27)(H,25,31). The Kier molecular flexibility index (Phi) is 15.3. The Morgan fingerprint density at radius 1 is 0.778 bits per heavy atom.